The molecule has 6 rings (SSSR count). The number of rotatable bonds is 7. The standard InChI is InChI=1S/C34H33F2N5O5/c1-19-18-46-14-13-40(19)22-15-25(35)30(26(36)16-22)32(42)38-27(34(44)45-4)17-21-9-10-24(31-37-11-12-41(21)31)29-20(2)23-7-5-6-8-28(23)39(3)33(29)43/h5-12,15-16,19,27H,13-14,17-18H2,1-4H3,(H,38,42)/t19-,27+/m1/s1. The Labute approximate surface area is 263 Å². The molecule has 4 heterocycles. The predicted octanol–water partition coefficient (Wildman–Crippen LogP) is 4.18. The zero-order chi connectivity index (χ0) is 32.7. The van der Waals surface area contributed by atoms with Crippen LogP contribution in [0.4, 0.5) is 14.5 Å². The number of esters is 1. The summed E-state index contributed by atoms with van der Waals surface area (Å²) < 4.78 is 44.2. The van der Waals surface area contributed by atoms with E-state index in [1.165, 1.54) is 0 Å². The first-order valence-corrected chi connectivity index (χ1v) is 14.9. The largest absolute Gasteiger partial charge is 0.467 e. The minimum atomic E-state index is -1.29. The van der Waals surface area contributed by atoms with E-state index >= 15 is 8.78 Å². The molecule has 1 fully saturated rings. The lowest BCUT2D eigenvalue weighted by Gasteiger charge is -2.35. The number of fused-ring (bicyclic) bond motifs is 2. The van der Waals surface area contributed by atoms with Crippen LogP contribution in [0.2, 0.25) is 0 Å². The number of anilines is 1. The summed E-state index contributed by atoms with van der Waals surface area (Å²) in [6.45, 7) is 5.05. The van der Waals surface area contributed by atoms with Crippen LogP contribution in [-0.2, 0) is 27.7 Å². The molecule has 2 atom stereocenters. The lowest BCUT2D eigenvalue weighted by molar-refractivity contribution is -0.142. The molecule has 0 spiro atoms. The number of carbonyl (C=O) groups is 2. The van der Waals surface area contributed by atoms with Crippen LogP contribution in [0.15, 0.2) is 65.7 Å². The van der Waals surface area contributed by atoms with E-state index in [1.807, 2.05) is 43.0 Å². The number of carbonyl (C=O) groups excluding carboxylic acids is 2. The molecule has 1 aliphatic heterocycles. The van der Waals surface area contributed by atoms with Gasteiger partial charge in [-0.15, -0.1) is 0 Å². The zero-order valence-electron chi connectivity index (χ0n) is 25.8. The van der Waals surface area contributed by atoms with Crippen LogP contribution in [0.5, 0.6) is 0 Å². The first kappa shape index (κ1) is 30.9. The fourth-order valence-electron chi connectivity index (χ4n) is 6.23. The van der Waals surface area contributed by atoms with Crippen molar-refractivity contribution < 1.29 is 27.8 Å². The molecular formula is C34H33F2N5O5. The van der Waals surface area contributed by atoms with Gasteiger partial charge in [0.1, 0.15) is 28.9 Å². The molecule has 0 aliphatic carbocycles. The third-order valence-corrected chi connectivity index (χ3v) is 8.62. The molecule has 1 saturated heterocycles. The lowest BCUT2D eigenvalue weighted by atomic mass is 9.98. The maximum absolute atomic E-state index is 15.3. The lowest BCUT2D eigenvalue weighted by Crippen LogP contribution is -2.44. The van der Waals surface area contributed by atoms with Crippen LogP contribution in [0.3, 0.4) is 0 Å². The fourth-order valence-corrected chi connectivity index (χ4v) is 6.23. The molecule has 238 valence electrons. The average molecular weight is 630 g/mol. The van der Waals surface area contributed by atoms with Gasteiger partial charge >= 0.3 is 5.97 Å². The molecule has 12 heteroatoms. The van der Waals surface area contributed by atoms with Gasteiger partial charge in [-0.05, 0) is 49.7 Å². The van der Waals surface area contributed by atoms with Gasteiger partial charge < -0.3 is 28.7 Å². The maximum Gasteiger partial charge on any atom is 0.328 e. The molecule has 1 aliphatic rings. The SMILES string of the molecule is COC(=O)[C@H](Cc1ccc(-c2c(C)c3ccccc3n(C)c2=O)c2nccn12)NC(=O)c1c(F)cc(N2CCOC[C@H]2C)cc1F. The molecule has 0 bridgehead atoms. The van der Waals surface area contributed by atoms with Crippen molar-refractivity contribution in [3.05, 3.63) is 99.7 Å². The number of hydrogen-bond donors (Lipinski definition) is 1. The summed E-state index contributed by atoms with van der Waals surface area (Å²) >= 11 is 0. The number of ether oxygens (including phenoxy) is 2. The van der Waals surface area contributed by atoms with Crippen molar-refractivity contribution in [3.63, 3.8) is 0 Å². The Morgan fingerprint density at radius 1 is 1.15 bits per heavy atom. The van der Waals surface area contributed by atoms with Crippen LogP contribution >= 0.6 is 0 Å². The smallest absolute Gasteiger partial charge is 0.328 e. The summed E-state index contributed by atoms with van der Waals surface area (Å²) in [6, 6.07) is 11.9. The number of para-hydroxylation sites is 1. The minimum Gasteiger partial charge on any atom is -0.467 e. The van der Waals surface area contributed by atoms with Gasteiger partial charge in [0.05, 0.1) is 31.4 Å². The fraction of sp³-hybridized carbons (Fsp3) is 0.294. The highest BCUT2D eigenvalue weighted by atomic mass is 19.1. The van der Waals surface area contributed by atoms with Gasteiger partial charge in [0.15, 0.2) is 0 Å². The number of nitrogens with zero attached hydrogens (tertiary/aromatic N) is 4. The summed E-state index contributed by atoms with van der Waals surface area (Å²) in [4.78, 5) is 45.9. The number of benzene rings is 2. The first-order chi connectivity index (χ1) is 22.1. The number of aryl methyl sites for hydroxylation is 2. The van der Waals surface area contributed by atoms with E-state index in [0.717, 1.165) is 35.7 Å². The van der Waals surface area contributed by atoms with Gasteiger partial charge in [0.25, 0.3) is 11.5 Å². The molecule has 0 saturated carbocycles. The molecule has 46 heavy (non-hydrogen) atoms. The first-order valence-electron chi connectivity index (χ1n) is 14.9. The van der Waals surface area contributed by atoms with Crippen molar-refractivity contribution in [1.82, 2.24) is 19.3 Å². The Morgan fingerprint density at radius 2 is 1.89 bits per heavy atom. The van der Waals surface area contributed by atoms with Crippen molar-refractivity contribution in [3.8, 4) is 11.1 Å². The van der Waals surface area contributed by atoms with Crippen LogP contribution in [0, 0.1) is 18.6 Å². The van der Waals surface area contributed by atoms with E-state index < -0.39 is 35.1 Å². The van der Waals surface area contributed by atoms with Crippen molar-refractivity contribution in [1.29, 1.82) is 0 Å². The number of halogens is 2. The average Bonchev–Trinajstić information content (AvgIpc) is 3.54. The Balaban J connectivity index is 1.32. The molecule has 0 radical (unpaired) electrons. The van der Waals surface area contributed by atoms with E-state index in [2.05, 4.69) is 10.3 Å². The van der Waals surface area contributed by atoms with Crippen LogP contribution in [0.1, 0.15) is 28.5 Å². The van der Waals surface area contributed by atoms with Gasteiger partial charge in [-0.1, -0.05) is 18.2 Å². The molecule has 5 aromatic rings. The summed E-state index contributed by atoms with van der Waals surface area (Å²) in [5.74, 6) is -4.00. The number of aromatic nitrogens is 3. The second kappa shape index (κ2) is 12.4. The Bertz CT molecular complexity index is 2030. The summed E-state index contributed by atoms with van der Waals surface area (Å²) in [5, 5.41) is 3.38. The number of amides is 1. The zero-order valence-corrected chi connectivity index (χ0v) is 25.8. The van der Waals surface area contributed by atoms with E-state index in [0.29, 0.717) is 47.9 Å². The number of nitrogens with one attached hydrogen (secondary N) is 1. The van der Waals surface area contributed by atoms with Crippen LogP contribution in [-0.4, -0.2) is 64.8 Å². The normalized spacial score (nSPS) is 15.7. The molecule has 1 amide bonds. The molecule has 3 aromatic heterocycles. The molecular weight excluding hydrogens is 596 g/mol. The Morgan fingerprint density at radius 3 is 2.61 bits per heavy atom. The van der Waals surface area contributed by atoms with Gasteiger partial charge in [-0.25, -0.2) is 18.6 Å². The summed E-state index contributed by atoms with van der Waals surface area (Å²) in [5.41, 5.74) is 3.00. The second-order valence-corrected chi connectivity index (χ2v) is 11.4. The topological polar surface area (TPSA) is 107 Å². The molecule has 0 unspecified atom stereocenters. The highest BCUT2D eigenvalue weighted by Gasteiger charge is 2.29. The third kappa shape index (κ3) is 5.38. The highest BCUT2D eigenvalue weighted by molar-refractivity contribution is 5.98. The van der Waals surface area contributed by atoms with Gasteiger partial charge in [-0.2, -0.15) is 0 Å². The Hall–Kier alpha value is -5.10. The van der Waals surface area contributed by atoms with Crippen molar-refractivity contribution in [2.75, 3.05) is 31.8 Å². The quantitative estimate of drug-likeness (QED) is 0.269. The number of morpholine rings is 1. The van der Waals surface area contributed by atoms with Crippen molar-refractivity contribution >= 4 is 34.1 Å². The number of imidazole rings is 1. The summed E-state index contributed by atoms with van der Waals surface area (Å²) in [7, 11) is 2.88. The van der Waals surface area contributed by atoms with E-state index in [1.54, 1.807) is 40.5 Å². The number of methoxy groups -OCH3 is 1. The number of hydrogen-bond acceptors (Lipinski definition) is 7. The van der Waals surface area contributed by atoms with Crippen LogP contribution in [0.25, 0.3) is 27.7 Å². The molecule has 10 nitrogen and oxygen atoms in total. The summed E-state index contributed by atoms with van der Waals surface area (Å²) in [6.07, 6.45) is 3.15. The maximum atomic E-state index is 15.3. The predicted molar refractivity (Wildman–Crippen MR) is 169 cm³/mol. The monoisotopic (exact) mass is 629 g/mol. The third-order valence-electron chi connectivity index (χ3n) is 8.62. The molecule has 2 aromatic carbocycles. The van der Waals surface area contributed by atoms with Gasteiger partial charge in [0.2, 0.25) is 0 Å². The van der Waals surface area contributed by atoms with E-state index in [9.17, 15) is 14.4 Å². The minimum absolute atomic E-state index is 0.0904. The Kier molecular flexibility index (Phi) is 8.30. The van der Waals surface area contributed by atoms with E-state index in [-0.39, 0.29) is 18.0 Å². The van der Waals surface area contributed by atoms with Crippen LogP contribution < -0.4 is 15.8 Å². The van der Waals surface area contributed by atoms with Crippen molar-refractivity contribution in [2.24, 2.45) is 7.05 Å². The molecule has 1 N–H and O–H groups in total. The van der Waals surface area contributed by atoms with E-state index in [4.69, 9.17) is 9.47 Å². The van der Waals surface area contributed by atoms with Crippen molar-refractivity contribution in [2.45, 2.75) is 32.4 Å². The van der Waals surface area contributed by atoms with Gasteiger partial charge in [0, 0.05) is 60.8 Å². The number of pyridine rings is 2. The van der Waals surface area contributed by atoms with Gasteiger partial charge in [-0.3, -0.25) is 9.59 Å². The highest BCUT2D eigenvalue weighted by Crippen LogP contribution is 2.30. The second-order valence-electron chi connectivity index (χ2n) is 11.4.